The summed E-state index contributed by atoms with van der Waals surface area (Å²) < 4.78 is 44.6. The fourth-order valence-corrected chi connectivity index (χ4v) is 3.68. The van der Waals surface area contributed by atoms with Crippen molar-refractivity contribution in [3.63, 3.8) is 0 Å². The summed E-state index contributed by atoms with van der Waals surface area (Å²) in [5, 5.41) is 5.28. The molecule has 2 aromatic carbocycles. The quantitative estimate of drug-likeness (QED) is 0.671. The van der Waals surface area contributed by atoms with Gasteiger partial charge in [-0.25, -0.2) is 9.59 Å². The number of rotatable bonds is 4. The van der Waals surface area contributed by atoms with Crippen LogP contribution in [-0.2, 0) is 20.5 Å². The normalized spacial score (nSPS) is 18.2. The summed E-state index contributed by atoms with van der Waals surface area (Å²) in [6, 6.07) is 9.47. The number of para-hydroxylation sites is 1. The molecule has 7 nitrogen and oxygen atoms in total. The second kappa shape index (κ2) is 8.19. The van der Waals surface area contributed by atoms with Gasteiger partial charge in [0.2, 0.25) is 5.91 Å². The van der Waals surface area contributed by atoms with E-state index in [0.29, 0.717) is 10.6 Å². The highest BCUT2D eigenvalue weighted by Crippen LogP contribution is 2.36. The van der Waals surface area contributed by atoms with Gasteiger partial charge in [0.25, 0.3) is 0 Å². The standard InChI is InChI=1S/C21H15ClF3N3O4/c22-12-7-5-11(6-8-12)18-17-15(10-32-19(17)30)28(20(31)27-18)9-16(29)26-14-4-2-1-3-13(14)21(23,24)25/h1-8,18H,9-10H2,(H,26,29)(H,27,31). The molecule has 0 saturated heterocycles. The highest BCUT2D eigenvalue weighted by atomic mass is 35.5. The third-order valence-electron chi connectivity index (χ3n) is 5.01. The lowest BCUT2D eigenvalue weighted by atomic mass is 9.96. The summed E-state index contributed by atoms with van der Waals surface area (Å²) in [6.45, 7) is -0.848. The zero-order valence-corrected chi connectivity index (χ0v) is 17.0. The third-order valence-corrected chi connectivity index (χ3v) is 5.26. The van der Waals surface area contributed by atoms with E-state index in [1.54, 1.807) is 24.3 Å². The van der Waals surface area contributed by atoms with Gasteiger partial charge in [0.1, 0.15) is 13.2 Å². The molecule has 0 bridgehead atoms. The van der Waals surface area contributed by atoms with Gasteiger partial charge in [-0.05, 0) is 29.8 Å². The molecule has 0 saturated carbocycles. The van der Waals surface area contributed by atoms with Crippen molar-refractivity contribution < 1.29 is 32.3 Å². The Balaban J connectivity index is 1.59. The van der Waals surface area contributed by atoms with Gasteiger partial charge in [-0.1, -0.05) is 35.9 Å². The molecule has 32 heavy (non-hydrogen) atoms. The Bertz CT molecular complexity index is 1130. The van der Waals surface area contributed by atoms with Crippen molar-refractivity contribution in [1.29, 1.82) is 0 Å². The molecule has 2 aromatic rings. The predicted octanol–water partition coefficient (Wildman–Crippen LogP) is 3.87. The van der Waals surface area contributed by atoms with E-state index in [9.17, 15) is 27.6 Å². The largest absolute Gasteiger partial charge is 0.456 e. The Kier molecular flexibility index (Phi) is 5.55. The maximum absolute atomic E-state index is 13.2. The average molecular weight is 466 g/mol. The van der Waals surface area contributed by atoms with Crippen LogP contribution in [0.2, 0.25) is 5.02 Å². The molecule has 4 rings (SSSR count). The summed E-state index contributed by atoms with van der Waals surface area (Å²) in [6.07, 6.45) is -4.67. The zero-order chi connectivity index (χ0) is 23.0. The van der Waals surface area contributed by atoms with Gasteiger partial charge in [-0.3, -0.25) is 9.69 Å². The van der Waals surface area contributed by atoms with Crippen LogP contribution in [0.4, 0.5) is 23.7 Å². The first kappa shape index (κ1) is 21.7. The van der Waals surface area contributed by atoms with Crippen molar-refractivity contribution in [2.45, 2.75) is 12.2 Å². The van der Waals surface area contributed by atoms with E-state index in [0.717, 1.165) is 17.0 Å². The third kappa shape index (κ3) is 4.13. The molecule has 2 N–H and O–H groups in total. The van der Waals surface area contributed by atoms with Crippen LogP contribution in [0.25, 0.3) is 0 Å². The van der Waals surface area contributed by atoms with Gasteiger partial charge < -0.3 is 15.4 Å². The van der Waals surface area contributed by atoms with E-state index in [-0.39, 0.29) is 17.9 Å². The summed E-state index contributed by atoms with van der Waals surface area (Å²) in [5.41, 5.74) is -0.543. The number of alkyl halides is 3. The molecule has 11 heteroatoms. The van der Waals surface area contributed by atoms with E-state index in [1.807, 2.05) is 0 Å². The van der Waals surface area contributed by atoms with Crippen LogP contribution in [0.1, 0.15) is 17.2 Å². The lowest BCUT2D eigenvalue weighted by molar-refractivity contribution is -0.137. The van der Waals surface area contributed by atoms with E-state index < -0.39 is 47.9 Å². The number of ether oxygens (including phenoxy) is 1. The summed E-state index contributed by atoms with van der Waals surface area (Å²) >= 11 is 5.89. The first-order valence-electron chi connectivity index (χ1n) is 9.35. The maximum Gasteiger partial charge on any atom is 0.418 e. The number of cyclic esters (lactones) is 1. The first-order valence-corrected chi connectivity index (χ1v) is 9.72. The van der Waals surface area contributed by atoms with Crippen LogP contribution in [0.15, 0.2) is 59.8 Å². The smallest absolute Gasteiger partial charge is 0.418 e. The molecule has 0 aliphatic carbocycles. The Morgan fingerprint density at radius 2 is 1.84 bits per heavy atom. The summed E-state index contributed by atoms with van der Waals surface area (Å²) in [4.78, 5) is 38.6. The molecule has 2 heterocycles. The minimum atomic E-state index is -4.67. The van der Waals surface area contributed by atoms with Gasteiger partial charge in [-0.15, -0.1) is 0 Å². The summed E-state index contributed by atoms with van der Waals surface area (Å²) in [5.74, 6) is -1.53. The number of carbonyl (C=O) groups excluding carboxylic acids is 3. The molecule has 0 fully saturated rings. The monoisotopic (exact) mass is 465 g/mol. The van der Waals surface area contributed by atoms with Gasteiger partial charge in [0.15, 0.2) is 0 Å². The molecule has 166 valence electrons. The zero-order valence-electron chi connectivity index (χ0n) is 16.2. The SMILES string of the molecule is O=C(CN1C(=O)NC(c2ccc(Cl)cc2)C2=C1COC2=O)Nc1ccccc1C(F)(F)F. The van der Waals surface area contributed by atoms with Gasteiger partial charge in [0.05, 0.1) is 28.6 Å². The maximum atomic E-state index is 13.2. The number of benzene rings is 2. The number of hydrogen-bond acceptors (Lipinski definition) is 4. The van der Waals surface area contributed by atoms with Gasteiger partial charge in [-0.2, -0.15) is 13.2 Å². The second-order valence-electron chi connectivity index (χ2n) is 7.05. The minimum Gasteiger partial charge on any atom is -0.456 e. The summed E-state index contributed by atoms with van der Waals surface area (Å²) in [7, 11) is 0. The number of urea groups is 1. The first-order chi connectivity index (χ1) is 15.1. The minimum absolute atomic E-state index is 0.149. The number of nitrogens with zero attached hydrogens (tertiary/aromatic N) is 1. The van der Waals surface area contributed by atoms with Gasteiger partial charge in [0, 0.05) is 5.02 Å². The molecular formula is C21H15ClF3N3O4. The Morgan fingerprint density at radius 3 is 2.53 bits per heavy atom. The van der Waals surface area contributed by atoms with E-state index in [1.165, 1.54) is 12.1 Å². The topological polar surface area (TPSA) is 87.7 Å². The average Bonchev–Trinajstić information content (AvgIpc) is 3.12. The number of amides is 3. The fraction of sp³-hybridized carbons (Fsp3) is 0.190. The number of carbonyl (C=O) groups is 3. The van der Waals surface area contributed by atoms with Crippen LogP contribution in [0.5, 0.6) is 0 Å². The molecule has 0 aromatic heterocycles. The van der Waals surface area contributed by atoms with Gasteiger partial charge >= 0.3 is 18.2 Å². The molecule has 3 amide bonds. The van der Waals surface area contributed by atoms with E-state index >= 15 is 0 Å². The lowest BCUT2D eigenvalue weighted by Crippen LogP contribution is -2.49. The van der Waals surface area contributed by atoms with E-state index in [2.05, 4.69) is 10.6 Å². The van der Waals surface area contributed by atoms with Crippen LogP contribution < -0.4 is 10.6 Å². The number of halogens is 4. The van der Waals surface area contributed by atoms with Crippen molar-refractivity contribution in [1.82, 2.24) is 10.2 Å². The Hall–Kier alpha value is -3.53. The predicted molar refractivity (Wildman–Crippen MR) is 107 cm³/mol. The Labute approximate surface area is 184 Å². The van der Waals surface area contributed by atoms with Crippen LogP contribution in [0.3, 0.4) is 0 Å². The highest BCUT2D eigenvalue weighted by molar-refractivity contribution is 6.30. The number of nitrogens with one attached hydrogen (secondary N) is 2. The van der Waals surface area contributed by atoms with Crippen LogP contribution >= 0.6 is 11.6 Å². The highest BCUT2D eigenvalue weighted by Gasteiger charge is 2.43. The lowest BCUT2D eigenvalue weighted by Gasteiger charge is -2.32. The Morgan fingerprint density at radius 1 is 1.16 bits per heavy atom. The molecule has 2 aliphatic heterocycles. The molecule has 0 radical (unpaired) electrons. The van der Waals surface area contributed by atoms with Crippen molar-refractivity contribution in [2.75, 3.05) is 18.5 Å². The molecular weight excluding hydrogens is 451 g/mol. The van der Waals surface area contributed by atoms with Crippen LogP contribution in [0, 0.1) is 0 Å². The van der Waals surface area contributed by atoms with Crippen molar-refractivity contribution in [2.24, 2.45) is 0 Å². The molecule has 0 spiro atoms. The van der Waals surface area contributed by atoms with Crippen LogP contribution in [-0.4, -0.2) is 36.0 Å². The van der Waals surface area contributed by atoms with E-state index in [4.69, 9.17) is 16.3 Å². The number of anilines is 1. The molecule has 1 unspecified atom stereocenters. The van der Waals surface area contributed by atoms with Crippen molar-refractivity contribution in [3.8, 4) is 0 Å². The molecule has 2 aliphatic rings. The second-order valence-corrected chi connectivity index (χ2v) is 7.48. The van der Waals surface area contributed by atoms with Crippen molar-refractivity contribution >= 4 is 35.2 Å². The van der Waals surface area contributed by atoms with Crippen molar-refractivity contribution in [3.05, 3.63) is 76.0 Å². The fourth-order valence-electron chi connectivity index (χ4n) is 3.56. The molecule has 1 atom stereocenters. The number of hydrogen-bond donors (Lipinski definition) is 2. The number of esters is 1.